The maximum Gasteiger partial charge on any atom is 0.334 e. The lowest BCUT2D eigenvalue weighted by atomic mass is 9.95. The molecule has 0 aliphatic heterocycles. The van der Waals surface area contributed by atoms with Crippen LogP contribution in [0.15, 0.2) is 22.8 Å². The van der Waals surface area contributed by atoms with Crippen LogP contribution in [0.5, 0.6) is 0 Å². The van der Waals surface area contributed by atoms with Crippen LogP contribution in [0.3, 0.4) is 0 Å². The Labute approximate surface area is 140 Å². The maximum absolute atomic E-state index is 12.1. The Morgan fingerprint density at radius 3 is 2.62 bits per heavy atom. The molecule has 130 valence electrons. The highest BCUT2D eigenvalue weighted by atomic mass is 16.5. The minimum atomic E-state index is -1.11. The van der Waals surface area contributed by atoms with Crippen LogP contribution >= 0.6 is 0 Å². The fraction of sp³-hybridized carbons (Fsp3) is 0.444. The molecule has 2 aromatic rings. The van der Waals surface area contributed by atoms with E-state index in [1.165, 1.54) is 12.7 Å². The first kappa shape index (κ1) is 18.0. The molecule has 1 aromatic heterocycles. The number of carbonyl (C=O) groups excluding carboxylic acids is 1. The van der Waals surface area contributed by atoms with Gasteiger partial charge < -0.3 is 19.6 Å². The van der Waals surface area contributed by atoms with Gasteiger partial charge in [0, 0.05) is 18.1 Å². The number of hydrogen-bond donors (Lipinski definition) is 2. The normalized spacial score (nSPS) is 12.5. The lowest BCUT2D eigenvalue weighted by molar-refractivity contribution is -0.148. The lowest BCUT2D eigenvalue weighted by Gasteiger charge is -2.12. The Morgan fingerprint density at radius 1 is 1.33 bits per heavy atom. The summed E-state index contributed by atoms with van der Waals surface area (Å²) in [5, 5.41) is 12.4. The molecule has 0 aliphatic rings. The number of rotatable bonds is 7. The predicted molar refractivity (Wildman–Crippen MR) is 90.2 cm³/mol. The molecule has 0 saturated heterocycles. The quantitative estimate of drug-likeness (QED) is 0.813. The van der Waals surface area contributed by atoms with Crippen molar-refractivity contribution in [2.45, 2.75) is 39.2 Å². The maximum atomic E-state index is 12.1. The van der Waals surface area contributed by atoms with Crippen molar-refractivity contribution in [3.8, 4) is 0 Å². The van der Waals surface area contributed by atoms with E-state index in [-0.39, 0.29) is 18.9 Å². The number of hydrogen-bond acceptors (Lipinski definition) is 4. The molecule has 24 heavy (non-hydrogen) atoms. The number of aliphatic carboxylic acids is 1. The highest BCUT2D eigenvalue weighted by molar-refractivity contribution is 5.88. The van der Waals surface area contributed by atoms with Crippen molar-refractivity contribution in [1.82, 2.24) is 5.32 Å². The standard InChI is InChI=1S/C18H23NO5/c1-10(2)13-7-14-12(9-24-15(14)5-11(13)3)6-17(20)19-8-16(23-4)18(21)22/h5,7,9-10,16H,6,8H2,1-4H3,(H,19,20)(H,21,22). The van der Waals surface area contributed by atoms with Gasteiger partial charge in [-0.05, 0) is 36.1 Å². The molecular weight excluding hydrogens is 310 g/mol. The average Bonchev–Trinajstić information content (AvgIpc) is 2.88. The third kappa shape index (κ3) is 3.94. The first-order valence-electron chi connectivity index (χ1n) is 7.86. The number of aryl methyl sites for hydroxylation is 1. The van der Waals surface area contributed by atoms with Crippen molar-refractivity contribution in [3.05, 3.63) is 35.1 Å². The lowest BCUT2D eigenvalue weighted by Crippen LogP contribution is -2.38. The van der Waals surface area contributed by atoms with Crippen LogP contribution in [0.4, 0.5) is 0 Å². The third-order valence-electron chi connectivity index (χ3n) is 4.06. The second-order valence-corrected chi connectivity index (χ2v) is 6.16. The molecule has 1 aromatic carbocycles. The molecule has 1 unspecified atom stereocenters. The molecule has 0 saturated carbocycles. The Bertz CT molecular complexity index is 747. The Kier molecular flexibility index (Phi) is 5.62. The number of benzene rings is 1. The minimum absolute atomic E-state index is 0.0726. The van der Waals surface area contributed by atoms with Gasteiger partial charge in [0.2, 0.25) is 5.91 Å². The molecule has 6 nitrogen and oxygen atoms in total. The van der Waals surface area contributed by atoms with Gasteiger partial charge in [0.15, 0.2) is 6.10 Å². The summed E-state index contributed by atoms with van der Waals surface area (Å²) in [6.07, 6.45) is 0.660. The molecule has 0 aliphatic carbocycles. The highest BCUT2D eigenvalue weighted by Crippen LogP contribution is 2.29. The molecule has 6 heteroatoms. The van der Waals surface area contributed by atoms with E-state index >= 15 is 0 Å². The van der Waals surface area contributed by atoms with E-state index in [4.69, 9.17) is 14.3 Å². The fourth-order valence-electron chi connectivity index (χ4n) is 2.72. The van der Waals surface area contributed by atoms with Gasteiger partial charge >= 0.3 is 5.97 Å². The molecule has 2 rings (SSSR count). The molecule has 0 fully saturated rings. The average molecular weight is 333 g/mol. The summed E-state index contributed by atoms with van der Waals surface area (Å²) < 4.78 is 10.3. The van der Waals surface area contributed by atoms with Crippen molar-refractivity contribution in [2.75, 3.05) is 13.7 Å². The number of nitrogens with one attached hydrogen (secondary N) is 1. The van der Waals surface area contributed by atoms with Gasteiger partial charge in [0.25, 0.3) is 0 Å². The zero-order valence-corrected chi connectivity index (χ0v) is 14.4. The molecule has 0 bridgehead atoms. The van der Waals surface area contributed by atoms with Gasteiger partial charge in [-0.1, -0.05) is 13.8 Å². The number of carboxylic acids is 1. The van der Waals surface area contributed by atoms with Crippen molar-refractivity contribution in [1.29, 1.82) is 0 Å². The summed E-state index contributed by atoms with van der Waals surface area (Å²) in [5.41, 5.74) is 3.91. The van der Waals surface area contributed by atoms with E-state index in [1.54, 1.807) is 6.26 Å². The zero-order chi connectivity index (χ0) is 17.9. The second kappa shape index (κ2) is 7.49. The highest BCUT2D eigenvalue weighted by Gasteiger charge is 2.18. The molecule has 1 amide bonds. The molecule has 1 atom stereocenters. The van der Waals surface area contributed by atoms with Crippen LogP contribution in [0.2, 0.25) is 0 Å². The van der Waals surface area contributed by atoms with E-state index in [0.717, 1.165) is 22.1 Å². The van der Waals surface area contributed by atoms with Crippen molar-refractivity contribution < 1.29 is 23.8 Å². The number of furan rings is 1. The first-order chi connectivity index (χ1) is 11.3. The Balaban J connectivity index is 2.13. The van der Waals surface area contributed by atoms with E-state index in [1.807, 2.05) is 13.0 Å². The van der Waals surface area contributed by atoms with Crippen molar-refractivity contribution in [3.63, 3.8) is 0 Å². The van der Waals surface area contributed by atoms with E-state index in [9.17, 15) is 9.59 Å². The van der Waals surface area contributed by atoms with Gasteiger partial charge in [-0.25, -0.2) is 4.79 Å². The zero-order valence-electron chi connectivity index (χ0n) is 14.4. The Hall–Kier alpha value is -2.34. The number of methoxy groups -OCH3 is 1. The SMILES string of the molecule is COC(CNC(=O)Cc1coc2cc(C)c(C(C)C)cc12)C(=O)O. The van der Waals surface area contributed by atoms with Crippen LogP contribution in [0.1, 0.15) is 36.5 Å². The summed E-state index contributed by atoms with van der Waals surface area (Å²) in [6, 6.07) is 4.05. The van der Waals surface area contributed by atoms with Crippen LogP contribution in [-0.4, -0.2) is 36.7 Å². The molecule has 2 N–H and O–H groups in total. The van der Waals surface area contributed by atoms with Gasteiger partial charge in [-0.2, -0.15) is 0 Å². The number of carbonyl (C=O) groups is 2. The van der Waals surface area contributed by atoms with Crippen LogP contribution < -0.4 is 5.32 Å². The number of amides is 1. The van der Waals surface area contributed by atoms with Crippen LogP contribution in [0.25, 0.3) is 11.0 Å². The number of ether oxygens (including phenoxy) is 1. The summed E-state index contributed by atoms with van der Waals surface area (Å²) in [4.78, 5) is 23.0. The van der Waals surface area contributed by atoms with Crippen molar-refractivity contribution >= 4 is 22.8 Å². The summed E-state index contributed by atoms with van der Waals surface area (Å²) in [6.45, 7) is 6.21. The fourth-order valence-corrected chi connectivity index (χ4v) is 2.72. The van der Waals surface area contributed by atoms with Gasteiger partial charge in [-0.3, -0.25) is 4.79 Å². The van der Waals surface area contributed by atoms with Crippen LogP contribution in [0, 0.1) is 6.92 Å². The molecule has 1 heterocycles. The van der Waals surface area contributed by atoms with Gasteiger partial charge in [0.05, 0.1) is 19.2 Å². The number of carboxylic acid groups (broad SMARTS) is 1. The van der Waals surface area contributed by atoms with Crippen molar-refractivity contribution in [2.24, 2.45) is 0 Å². The molecule has 0 radical (unpaired) electrons. The first-order valence-corrected chi connectivity index (χ1v) is 7.86. The summed E-state index contributed by atoms with van der Waals surface area (Å²) in [5.74, 6) is -1.000. The second-order valence-electron chi connectivity index (χ2n) is 6.16. The summed E-state index contributed by atoms with van der Waals surface area (Å²) >= 11 is 0. The smallest absolute Gasteiger partial charge is 0.334 e. The Morgan fingerprint density at radius 2 is 2.04 bits per heavy atom. The topological polar surface area (TPSA) is 88.8 Å². The number of fused-ring (bicyclic) bond motifs is 1. The summed E-state index contributed by atoms with van der Waals surface area (Å²) in [7, 11) is 1.30. The van der Waals surface area contributed by atoms with Gasteiger partial charge in [-0.15, -0.1) is 0 Å². The van der Waals surface area contributed by atoms with Gasteiger partial charge in [0.1, 0.15) is 5.58 Å². The largest absolute Gasteiger partial charge is 0.479 e. The van der Waals surface area contributed by atoms with E-state index in [2.05, 4.69) is 25.2 Å². The molecule has 0 spiro atoms. The minimum Gasteiger partial charge on any atom is -0.479 e. The molecular formula is C18H23NO5. The van der Waals surface area contributed by atoms with Crippen LogP contribution in [-0.2, 0) is 20.7 Å². The van der Waals surface area contributed by atoms with E-state index in [0.29, 0.717) is 5.92 Å². The van der Waals surface area contributed by atoms with E-state index < -0.39 is 12.1 Å². The monoisotopic (exact) mass is 333 g/mol. The predicted octanol–water partition coefficient (Wildman–Crippen LogP) is 2.62. The third-order valence-corrected chi connectivity index (χ3v) is 4.06.